The molecule has 1 aliphatic rings. The topological polar surface area (TPSA) is 136 Å². The number of nitrogens with two attached hydrogens (primary N) is 2. The van der Waals surface area contributed by atoms with E-state index in [1.165, 1.54) is 0 Å². The highest BCUT2D eigenvalue weighted by Gasteiger charge is 2.56. The molecule has 1 saturated carbocycles. The monoisotopic (exact) mass is 251 g/mol. The first kappa shape index (κ1) is 13.4. The van der Waals surface area contributed by atoms with Crippen LogP contribution in [-0.4, -0.2) is 43.9 Å². The van der Waals surface area contributed by atoms with Crippen molar-refractivity contribution in [1.29, 1.82) is 0 Å². The van der Waals surface area contributed by atoms with Crippen LogP contribution in [0.25, 0.3) is 0 Å². The van der Waals surface area contributed by atoms with Gasteiger partial charge in [-0.15, -0.1) is 0 Å². The summed E-state index contributed by atoms with van der Waals surface area (Å²) in [5.74, 6) is -1.29. The lowest BCUT2D eigenvalue weighted by Gasteiger charge is -2.07. The first-order valence-corrected chi connectivity index (χ1v) is 6.67. The Kier molecular flexibility index (Phi) is 3.89. The van der Waals surface area contributed by atoms with Gasteiger partial charge in [0, 0.05) is 13.1 Å². The second-order valence-corrected chi connectivity index (χ2v) is 5.96. The van der Waals surface area contributed by atoms with Gasteiger partial charge >= 0.3 is 5.97 Å². The summed E-state index contributed by atoms with van der Waals surface area (Å²) in [6, 6.07) is 0. The van der Waals surface area contributed by atoms with Crippen molar-refractivity contribution in [3.63, 3.8) is 0 Å². The Labute approximate surface area is 94.2 Å². The Morgan fingerprint density at radius 2 is 2.19 bits per heavy atom. The van der Waals surface area contributed by atoms with Crippen LogP contribution in [0, 0.1) is 5.92 Å². The fourth-order valence-electron chi connectivity index (χ4n) is 1.59. The first-order chi connectivity index (χ1) is 7.32. The van der Waals surface area contributed by atoms with E-state index in [0.717, 1.165) is 0 Å². The quantitative estimate of drug-likeness (QED) is 0.415. The lowest BCUT2D eigenvalue weighted by Crippen LogP contribution is -2.36. The third-order valence-electron chi connectivity index (χ3n) is 2.75. The van der Waals surface area contributed by atoms with Crippen LogP contribution in [0.4, 0.5) is 0 Å². The van der Waals surface area contributed by atoms with Crippen molar-refractivity contribution in [2.45, 2.75) is 18.4 Å². The Hall–Kier alpha value is -0.700. The van der Waals surface area contributed by atoms with E-state index in [9.17, 15) is 13.2 Å². The minimum Gasteiger partial charge on any atom is -0.480 e. The highest BCUT2D eigenvalue weighted by atomic mass is 32.2. The van der Waals surface area contributed by atoms with Gasteiger partial charge in [-0.25, -0.2) is 13.1 Å². The number of carboxylic acid groups (broad SMARTS) is 1. The standard InChI is InChI=1S/C8H17N3O4S/c9-2-4-16(14,15)11-3-1-6-5-8(6,10)7(12)13/h6,11H,1-5,9-10H2,(H,12,13)/t6-,8+/m1/s1. The SMILES string of the molecule is NCCS(=O)(=O)NCC[C@@H]1C[C@@]1(N)C(=O)O. The van der Waals surface area contributed by atoms with E-state index in [1.807, 2.05) is 0 Å². The molecule has 8 heteroatoms. The maximum atomic E-state index is 11.2. The number of nitrogens with one attached hydrogen (secondary N) is 1. The molecule has 0 aliphatic heterocycles. The highest BCUT2D eigenvalue weighted by Crippen LogP contribution is 2.43. The predicted octanol–water partition coefficient (Wildman–Crippen LogP) is -1.94. The van der Waals surface area contributed by atoms with Crippen LogP contribution < -0.4 is 16.2 Å². The molecule has 2 atom stereocenters. The van der Waals surface area contributed by atoms with Gasteiger partial charge in [0.05, 0.1) is 5.75 Å². The van der Waals surface area contributed by atoms with Crippen LogP contribution in [0.3, 0.4) is 0 Å². The van der Waals surface area contributed by atoms with Crippen LogP contribution in [0.5, 0.6) is 0 Å². The minimum atomic E-state index is -3.32. The van der Waals surface area contributed by atoms with E-state index in [4.69, 9.17) is 16.6 Å². The van der Waals surface area contributed by atoms with Crippen LogP contribution in [0.15, 0.2) is 0 Å². The Morgan fingerprint density at radius 1 is 1.56 bits per heavy atom. The second-order valence-electron chi connectivity index (χ2n) is 4.04. The van der Waals surface area contributed by atoms with Crippen molar-refractivity contribution in [3.05, 3.63) is 0 Å². The number of carbonyl (C=O) groups is 1. The number of hydrogen-bond acceptors (Lipinski definition) is 5. The molecule has 0 radical (unpaired) electrons. The molecule has 0 spiro atoms. The third kappa shape index (κ3) is 3.14. The van der Waals surface area contributed by atoms with Crippen molar-refractivity contribution in [2.24, 2.45) is 17.4 Å². The summed E-state index contributed by atoms with van der Waals surface area (Å²) in [6.07, 6.45) is 0.841. The molecule has 0 saturated heterocycles. The van der Waals surface area contributed by atoms with Crippen molar-refractivity contribution in [3.8, 4) is 0 Å². The van der Waals surface area contributed by atoms with E-state index >= 15 is 0 Å². The zero-order chi connectivity index (χ0) is 12.4. The van der Waals surface area contributed by atoms with Gasteiger partial charge in [0.25, 0.3) is 0 Å². The number of aliphatic carboxylic acids is 1. The molecule has 0 bridgehead atoms. The van der Waals surface area contributed by atoms with Gasteiger partial charge in [-0.1, -0.05) is 0 Å². The van der Waals surface area contributed by atoms with Gasteiger partial charge in [0.1, 0.15) is 5.54 Å². The normalized spacial score (nSPS) is 29.0. The number of carboxylic acids is 1. The van der Waals surface area contributed by atoms with Crippen LogP contribution >= 0.6 is 0 Å². The average molecular weight is 251 g/mol. The van der Waals surface area contributed by atoms with Crippen LogP contribution in [0.1, 0.15) is 12.8 Å². The molecule has 0 aromatic carbocycles. The molecule has 7 nitrogen and oxygen atoms in total. The summed E-state index contributed by atoms with van der Waals surface area (Å²) < 4.78 is 24.7. The lowest BCUT2D eigenvalue weighted by atomic mass is 10.2. The molecule has 0 aromatic rings. The molecule has 0 heterocycles. The minimum absolute atomic E-state index is 0.0642. The van der Waals surface area contributed by atoms with E-state index in [0.29, 0.717) is 12.8 Å². The van der Waals surface area contributed by atoms with E-state index in [-0.39, 0.29) is 24.8 Å². The average Bonchev–Trinajstić information content (AvgIpc) is 2.78. The van der Waals surface area contributed by atoms with Gasteiger partial charge in [-0.3, -0.25) is 4.79 Å². The van der Waals surface area contributed by atoms with Gasteiger partial charge in [0.15, 0.2) is 0 Å². The number of rotatable bonds is 7. The van der Waals surface area contributed by atoms with Crippen molar-refractivity contribution >= 4 is 16.0 Å². The Balaban J connectivity index is 2.27. The van der Waals surface area contributed by atoms with Crippen molar-refractivity contribution < 1.29 is 18.3 Å². The summed E-state index contributed by atoms with van der Waals surface area (Å²) in [6.45, 7) is 0.272. The molecule has 0 aromatic heterocycles. The Bertz CT molecular complexity index is 369. The Morgan fingerprint density at radius 3 is 2.62 bits per heavy atom. The molecule has 1 rings (SSSR count). The molecular formula is C8H17N3O4S. The van der Waals surface area contributed by atoms with Crippen LogP contribution in [0.2, 0.25) is 0 Å². The molecule has 94 valence electrons. The molecular weight excluding hydrogens is 234 g/mol. The number of sulfonamides is 1. The summed E-state index contributed by atoms with van der Waals surface area (Å²) in [4.78, 5) is 10.7. The molecule has 1 fully saturated rings. The largest absolute Gasteiger partial charge is 0.480 e. The zero-order valence-corrected chi connectivity index (χ0v) is 9.66. The van der Waals surface area contributed by atoms with Gasteiger partial charge < -0.3 is 16.6 Å². The summed E-state index contributed by atoms with van der Waals surface area (Å²) >= 11 is 0. The molecule has 0 amide bonds. The first-order valence-electron chi connectivity index (χ1n) is 5.01. The smallest absolute Gasteiger partial charge is 0.323 e. The molecule has 1 aliphatic carbocycles. The fourth-order valence-corrected chi connectivity index (χ4v) is 2.47. The van der Waals surface area contributed by atoms with E-state index in [1.54, 1.807) is 0 Å². The summed E-state index contributed by atoms with van der Waals surface area (Å²) in [7, 11) is -3.32. The van der Waals surface area contributed by atoms with Gasteiger partial charge in [0.2, 0.25) is 10.0 Å². The zero-order valence-electron chi connectivity index (χ0n) is 8.85. The molecule has 6 N–H and O–H groups in total. The van der Waals surface area contributed by atoms with E-state index < -0.39 is 21.5 Å². The molecule has 0 unspecified atom stereocenters. The lowest BCUT2D eigenvalue weighted by molar-refractivity contribution is -0.140. The predicted molar refractivity (Wildman–Crippen MR) is 58.1 cm³/mol. The van der Waals surface area contributed by atoms with Gasteiger partial charge in [-0.2, -0.15) is 0 Å². The molecule has 16 heavy (non-hydrogen) atoms. The summed E-state index contributed by atoms with van der Waals surface area (Å²) in [5.41, 5.74) is 9.52. The number of hydrogen-bond donors (Lipinski definition) is 4. The highest BCUT2D eigenvalue weighted by molar-refractivity contribution is 7.89. The summed E-state index contributed by atoms with van der Waals surface area (Å²) in [5, 5.41) is 8.75. The fraction of sp³-hybridized carbons (Fsp3) is 0.875. The van der Waals surface area contributed by atoms with Crippen molar-refractivity contribution in [1.82, 2.24) is 4.72 Å². The second kappa shape index (κ2) is 4.66. The van der Waals surface area contributed by atoms with Crippen LogP contribution in [-0.2, 0) is 14.8 Å². The van der Waals surface area contributed by atoms with Gasteiger partial charge in [-0.05, 0) is 18.8 Å². The third-order valence-corrected chi connectivity index (χ3v) is 4.17. The maximum Gasteiger partial charge on any atom is 0.323 e. The van der Waals surface area contributed by atoms with Crippen molar-refractivity contribution in [2.75, 3.05) is 18.8 Å². The maximum absolute atomic E-state index is 11.2. The van der Waals surface area contributed by atoms with E-state index in [2.05, 4.69) is 4.72 Å².